The van der Waals surface area contributed by atoms with Crippen LogP contribution in [0.15, 0.2) is 52.0 Å². The zero-order valence-corrected chi connectivity index (χ0v) is 16.6. The summed E-state index contributed by atoms with van der Waals surface area (Å²) in [7, 11) is 0. The highest BCUT2D eigenvalue weighted by Gasteiger charge is 2.45. The number of rotatable bonds is 2. The van der Waals surface area contributed by atoms with Crippen molar-refractivity contribution in [3.63, 3.8) is 0 Å². The Bertz CT molecular complexity index is 1450. The van der Waals surface area contributed by atoms with E-state index in [2.05, 4.69) is 5.16 Å². The first-order valence-electron chi connectivity index (χ1n) is 10.0. The lowest BCUT2D eigenvalue weighted by Gasteiger charge is -2.31. The molecule has 0 radical (unpaired) electrons. The predicted molar refractivity (Wildman–Crippen MR) is 110 cm³/mol. The Balaban J connectivity index is 1.55. The van der Waals surface area contributed by atoms with E-state index in [-0.39, 0.29) is 18.6 Å². The number of cyclic esters (lactones) is 1. The molecule has 8 heteroatoms. The van der Waals surface area contributed by atoms with Crippen LogP contribution >= 0.6 is 0 Å². The van der Waals surface area contributed by atoms with Gasteiger partial charge in [-0.25, -0.2) is 9.78 Å². The number of benzene rings is 1. The fourth-order valence-corrected chi connectivity index (χ4v) is 4.51. The van der Waals surface area contributed by atoms with Crippen LogP contribution in [-0.4, -0.2) is 25.8 Å². The number of nitrogens with zero attached hydrogens (tertiary/aromatic N) is 3. The van der Waals surface area contributed by atoms with Crippen molar-refractivity contribution < 1.29 is 19.2 Å². The first-order valence-corrected chi connectivity index (χ1v) is 10.0. The van der Waals surface area contributed by atoms with Gasteiger partial charge in [0.2, 0.25) is 0 Å². The van der Waals surface area contributed by atoms with E-state index in [9.17, 15) is 14.7 Å². The first kappa shape index (κ1) is 18.0. The Morgan fingerprint density at radius 3 is 2.84 bits per heavy atom. The summed E-state index contributed by atoms with van der Waals surface area (Å²) in [5.41, 5.74) is 3.14. The molecule has 1 N–H and O–H groups in total. The predicted octanol–water partition coefficient (Wildman–Crippen LogP) is 2.73. The molecule has 2 aliphatic rings. The number of carbonyl (C=O) groups is 1. The van der Waals surface area contributed by atoms with Crippen molar-refractivity contribution in [1.82, 2.24) is 14.7 Å². The SMILES string of the molecule is CCC1(O)C(=O)OCc2c1cc1n(c2=O)Cc2cc3cc(-c4ccon4)ccc3nc2-1. The monoisotopic (exact) mass is 415 g/mol. The van der Waals surface area contributed by atoms with Crippen LogP contribution in [-0.2, 0) is 28.3 Å². The van der Waals surface area contributed by atoms with Gasteiger partial charge in [0.05, 0.1) is 29.0 Å². The van der Waals surface area contributed by atoms with Crippen molar-refractivity contribution in [2.45, 2.75) is 32.1 Å². The van der Waals surface area contributed by atoms with E-state index in [4.69, 9.17) is 14.2 Å². The lowest BCUT2D eigenvalue weighted by Crippen LogP contribution is -2.44. The molecule has 6 rings (SSSR count). The van der Waals surface area contributed by atoms with Gasteiger partial charge in [-0.1, -0.05) is 18.1 Å². The molecule has 0 fully saturated rings. The van der Waals surface area contributed by atoms with Crippen molar-refractivity contribution in [1.29, 1.82) is 0 Å². The number of ether oxygens (including phenoxy) is 1. The van der Waals surface area contributed by atoms with Crippen LogP contribution in [0.1, 0.15) is 30.0 Å². The van der Waals surface area contributed by atoms with Crippen LogP contribution in [0.5, 0.6) is 0 Å². The summed E-state index contributed by atoms with van der Waals surface area (Å²) in [6.45, 7) is 1.92. The summed E-state index contributed by atoms with van der Waals surface area (Å²) in [4.78, 5) is 30.3. The molecular formula is C23H17N3O5. The highest BCUT2D eigenvalue weighted by molar-refractivity contribution is 5.88. The number of carbonyl (C=O) groups excluding carboxylic acids is 1. The normalized spacial score (nSPS) is 19.1. The van der Waals surface area contributed by atoms with Crippen molar-refractivity contribution >= 4 is 16.9 Å². The second kappa shape index (κ2) is 6.12. The largest absolute Gasteiger partial charge is 0.458 e. The standard InChI is InChI=1S/C23H17N3O5/c1-2-23(29)16-9-19-20-14(10-26(19)21(27)15(16)11-30-22(23)28)8-13-7-12(3-4-17(13)24-20)18-5-6-31-25-18/h3-9,29H,2,10-11H2,1H3. The van der Waals surface area contributed by atoms with E-state index in [0.29, 0.717) is 29.1 Å². The molecular weight excluding hydrogens is 398 g/mol. The van der Waals surface area contributed by atoms with Crippen LogP contribution in [0.4, 0.5) is 0 Å². The minimum absolute atomic E-state index is 0.116. The van der Waals surface area contributed by atoms with E-state index in [0.717, 1.165) is 27.7 Å². The fraction of sp³-hybridized carbons (Fsp3) is 0.217. The summed E-state index contributed by atoms with van der Waals surface area (Å²) >= 11 is 0. The quantitative estimate of drug-likeness (QED) is 0.442. The van der Waals surface area contributed by atoms with Crippen LogP contribution < -0.4 is 5.56 Å². The average molecular weight is 415 g/mol. The van der Waals surface area contributed by atoms with Crippen molar-refractivity contribution in [2.75, 3.05) is 0 Å². The molecule has 2 aliphatic heterocycles. The minimum Gasteiger partial charge on any atom is -0.458 e. The van der Waals surface area contributed by atoms with E-state index >= 15 is 0 Å². The summed E-state index contributed by atoms with van der Waals surface area (Å²) < 4.78 is 11.7. The highest BCUT2D eigenvalue weighted by Crippen LogP contribution is 2.38. The molecule has 1 unspecified atom stereocenters. The molecule has 8 nitrogen and oxygen atoms in total. The Hall–Kier alpha value is -3.78. The van der Waals surface area contributed by atoms with Gasteiger partial charge < -0.3 is 18.9 Å². The fourth-order valence-electron chi connectivity index (χ4n) is 4.51. The van der Waals surface area contributed by atoms with Crippen molar-refractivity contribution in [2.24, 2.45) is 0 Å². The lowest BCUT2D eigenvalue weighted by atomic mass is 9.86. The molecule has 0 saturated carbocycles. The minimum atomic E-state index is -1.82. The third-order valence-corrected chi connectivity index (χ3v) is 6.24. The van der Waals surface area contributed by atoms with E-state index in [1.54, 1.807) is 23.6 Å². The Labute approximate surface area is 175 Å². The number of hydrogen-bond donors (Lipinski definition) is 1. The molecule has 31 heavy (non-hydrogen) atoms. The molecule has 4 aromatic rings. The van der Waals surface area contributed by atoms with Gasteiger partial charge in [0.15, 0.2) is 5.60 Å². The molecule has 3 aromatic heterocycles. The van der Waals surface area contributed by atoms with Gasteiger partial charge in [0, 0.05) is 28.1 Å². The zero-order valence-electron chi connectivity index (χ0n) is 16.6. The molecule has 0 bridgehead atoms. The van der Waals surface area contributed by atoms with Crippen LogP contribution in [0, 0.1) is 0 Å². The van der Waals surface area contributed by atoms with E-state index in [1.807, 2.05) is 24.3 Å². The maximum absolute atomic E-state index is 13.2. The maximum Gasteiger partial charge on any atom is 0.343 e. The van der Waals surface area contributed by atoms with Gasteiger partial charge in [-0.05, 0) is 30.7 Å². The molecule has 154 valence electrons. The maximum atomic E-state index is 13.2. The van der Waals surface area contributed by atoms with E-state index < -0.39 is 11.6 Å². The number of aliphatic hydroxyl groups is 1. The van der Waals surface area contributed by atoms with Crippen LogP contribution in [0.2, 0.25) is 0 Å². The summed E-state index contributed by atoms with van der Waals surface area (Å²) in [6.07, 6.45) is 1.64. The number of pyridine rings is 2. The number of aromatic nitrogens is 3. The van der Waals surface area contributed by atoms with Gasteiger partial charge in [0.25, 0.3) is 5.56 Å². The summed E-state index contributed by atoms with van der Waals surface area (Å²) in [5.74, 6) is -0.725. The van der Waals surface area contributed by atoms with Gasteiger partial charge in [-0.3, -0.25) is 4.79 Å². The molecule has 0 aliphatic carbocycles. The van der Waals surface area contributed by atoms with Crippen molar-refractivity contribution in [3.05, 3.63) is 69.7 Å². The number of fused-ring (bicyclic) bond motifs is 5. The third-order valence-electron chi connectivity index (χ3n) is 6.24. The van der Waals surface area contributed by atoms with Gasteiger partial charge in [0.1, 0.15) is 18.6 Å². The lowest BCUT2D eigenvalue weighted by molar-refractivity contribution is -0.172. The van der Waals surface area contributed by atoms with Crippen LogP contribution in [0.25, 0.3) is 33.5 Å². The zero-order chi connectivity index (χ0) is 21.3. The summed E-state index contributed by atoms with van der Waals surface area (Å²) in [6, 6.07) is 11.3. The highest BCUT2D eigenvalue weighted by atomic mass is 16.6. The van der Waals surface area contributed by atoms with Gasteiger partial charge >= 0.3 is 5.97 Å². The first-order chi connectivity index (χ1) is 15.0. The van der Waals surface area contributed by atoms with Crippen molar-refractivity contribution in [3.8, 4) is 22.6 Å². The summed E-state index contributed by atoms with van der Waals surface area (Å²) in [5, 5.41) is 15.8. The molecule has 0 spiro atoms. The number of hydrogen-bond acceptors (Lipinski definition) is 7. The molecule has 1 aromatic carbocycles. The Morgan fingerprint density at radius 2 is 2.06 bits per heavy atom. The van der Waals surface area contributed by atoms with Gasteiger partial charge in [-0.15, -0.1) is 0 Å². The molecule has 5 heterocycles. The Kier molecular flexibility index (Phi) is 3.56. The molecule has 1 atom stereocenters. The molecule has 0 saturated heterocycles. The van der Waals surface area contributed by atoms with Gasteiger partial charge in [-0.2, -0.15) is 0 Å². The molecule has 0 amide bonds. The topological polar surface area (TPSA) is 107 Å². The number of esters is 1. The van der Waals surface area contributed by atoms with Crippen LogP contribution in [0.3, 0.4) is 0 Å². The smallest absolute Gasteiger partial charge is 0.343 e. The second-order valence-corrected chi connectivity index (χ2v) is 7.89. The second-order valence-electron chi connectivity index (χ2n) is 7.89. The average Bonchev–Trinajstić information content (AvgIpc) is 3.43. The third kappa shape index (κ3) is 2.39. The van der Waals surface area contributed by atoms with E-state index in [1.165, 1.54) is 6.26 Å². The Morgan fingerprint density at radius 1 is 1.19 bits per heavy atom.